The van der Waals surface area contributed by atoms with Crippen LogP contribution in [0.2, 0.25) is 0 Å². The second-order valence-electron chi connectivity index (χ2n) is 8.92. The van der Waals surface area contributed by atoms with Crippen LogP contribution in [0.5, 0.6) is 5.75 Å². The van der Waals surface area contributed by atoms with Gasteiger partial charge in [0.2, 0.25) is 10.0 Å². The van der Waals surface area contributed by atoms with Gasteiger partial charge in [-0.05, 0) is 60.7 Å². The van der Waals surface area contributed by atoms with Gasteiger partial charge in [-0.2, -0.15) is 12.7 Å². The van der Waals surface area contributed by atoms with Crippen molar-refractivity contribution in [3.63, 3.8) is 0 Å². The highest BCUT2D eigenvalue weighted by Gasteiger charge is 2.26. The SMILES string of the molecule is CC(C)CN(Cc1ccc(F)cc1)S(=O)(=O)Nc1ccc(OC2CCN(S(C)(=O)=O)CC2)cc1. The summed E-state index contributed by atoms with van der Waals surface area (Å²) in [5.74, 6) is 0.316. The van der Waals surface area contributed by atoms with Gasteiger partial charge in [0, 0.05) is 26.2 Å². The molecular formula is C23H32FN3O5S2. The number of rotatable bonds is 10. The summed E-state index contributed by atoms with van der Waals surface area (Å²) in [6, 6.07) is 12.4. The number of hydrogen-bond acceptors (Lipinski definition) is 5. The van der Waals surface area contributed by atoms with Crippen molar-refractivity contribution in [1.82, 2.24) is 8.61 Å². The van der Waals surface area contributed by atoms with Crippen molar-refractivity contribution in [2.45, 2.75) is 39.3 Å². The summed E-state index contributed by atoms with van der Waals surface area (Å²) in [4.78, 5) is 0. The van der Waals surface area contributed by atoms with Crippen LogP contribution in [0.1, 0.15) is 32.3 Å². The van der Waals surface area contributed by atoms with Crippen LogP contribution in [-0.2, 0) is 26.8 Å². The lowest BCUT2D eigenvalue weighted by Crippen LogP contribution is -2.41. The summed E-state index contributed by atoms with van der Waals surface area (Å²) in [7, 11) is -7.04. The summed E-state index contributed by atoms with van der Waals surface area (Å²) in [6.07, 6.45) is 2.29. The molecule has 3 rings (SSSR count). The number of halogens is 1. The van der Waals surface area contributed by atoms with Gasteiger partial charge < -0.3 is 4.74 Å². The molecule has 1 aliphatic heterocycles. The third kappa shape index (κ3) is 7.66. The lowest BCUT2D eigenvalue weighted by Gasteiger charge is -2.30. The smallest absolute Gasteiger partial charge is 0.301 e. The van der Waals surface area contributed by atoms with Crippen molar-refractivity contribution in [2.75, 3.05) is 30.6 Å². The fourth-order valence-corrected chi connectivity index (χ4v) is 5.99. The van der Waals surface area contributed by atoms with E-state index in [4.69, 9.17) is 4.74 Å². The Labute approximate surface area is 202 Å². The maximum Gasteiger partial charge on any atom is 0.301 e. The second-order valence-corrected chi connectivity index (χ2v) is 12.6. The average Bonchev–Trinajstić information content (AvgIpc) is 2.75. The number of piperidine rings is 1. The van der Waals surface area contributed by atoms with Crippen molar-refractivity contribution in [2.24, 2.45) is 5.92 Å². The molecule has 2 aromatic carbocycles. The molecule has 2 aromatic rings. The van der Waals surface area contributed by atoms with Gasteiger partial charge >= 0.3 is 10.2 Å². The molecule has 1 fully saturated rings. The summed E-state index contributed by atoms with van der Waals surface area (Å²) in [5, 5.41) is 0. The Hall–Kier alpha value is -2.21. The molecule has 11 heteroatoms. The Kier molecular flexibility index (Phi) is 8.56. The molecular weight excluding hydrogens is 481 g/mol. The fraction of sp³-hybridized carbons (Fsp3) is 0.478. The molecule has 0 saturated carbocycles. The third-order valence-electron chi connectivity index (χ3n) is 5.45. The molecule has 1 aliphatic rings. The van der Waals surface area contributed by atoms with Gasteiger partial charge in [-0.15, -0.1) is 0 Å². The molecule has 1 N–H and O–H groups in total. The van der Waals surface area contributed by atoms with Crippen LogP contribution in [0.25, 0.3) is 0 Å². The zero-order valence-corrected chi connectivity index (χ0v) is 21.3. The lowest BCUT2D eigenvalue weighted by molar-refractivity contribution is 0.135. The number of ether oxygens (including phenoxy) is 1. The highest BCUT2D eigenvalue weighted by molar-refractivity contribution is 7.90. The van der Waals surface area contributed by atoms with Crippen LogP contribution in [0.4, 0.5) is 10.1 Å². The molecule has 0 radical (unpaired) electrons. The summed E-state index contributed by atoms with van der Waals surface area (Å²) in [5.41, 5.74) is 1.09. The van der Waals surface area contributed by atoms with E-state index in [1.165, 1.54) is 27.0 Å². The number of hydrogen-bond donors (Lipinski definition) is 1. The molecule has 34 heavy (non-hydrogen) atoms. The molecule has 0 atom stereocenters. The van der Waals surface area contributed by atoms with E-state index in [0.29, 0.717) is 49.5 Å². The zero-order chi connectivity index (χ0) is 24.9. The number of nitrogens with one attached hydrogen (secondary N) is 1. The van der Waals surface area contributed by atoms with Crippen molar-refractivity contribution >= 4 is 25.9 Å². The molecule has 188 valence electrons. The maximum absolute atomic E-state index is 13.2. The normalized spacial score (nSPS) is 16.2. The molecule has 8 nitrogen and oxygen atoms in total. The van der Waals surface area contributed by atoms with Gasteiger partial charge in [-0.25, -0.2) is 17.1 Å². The highest BCUT2D eigenvalue weighted by Crippen LogP contribution is 2.23. The van der Waals surface area contributed by atoms with Gasteiger partial charge in [-0.3, -0.25) is 4.72 Å². The van der Waals surface area contributed by atoms with E-state index in [-0.39, 0.29) is 24.4 Å². The predicted octanol–water partition coefficient (Wildman–Crippen LogP) is 3.44. The third-order valence-corrected chi connectivity index (χ3v) is 8.21. The van der Waals surface area contributed by atoms with E-state index in [1.54, 1.807) is 36.4 Å². The van der Waals surface area contributed by atoms with Crippen LogP contribution < -0.4 is 9.46 Å². The first-order chi connectivity index (χ1) is 15.9. The molecule has 0 amide bonds. The Balaban J connectivity index is 1.62. The van der Waals surface area contributed by atoms with E-state index in [1.807, 2.05) is 13.8 Å². The zero-order valence-electron chi connectivity index (χ0n) is 19.6. The van der Waals surface area contributed by atoms with Crippen molar-refractivity contribution in [1.29, 1.82) is 0 Å². The summed E-state index contributed by atoms with van der Waals surface area (Å²) >= 11 is 0. The maximum atomic E-state index is 13.2. The van der Waals surface area contributed by atoms with Crippen molar-refractivity contribution in [3.8, 4) is 5.75 Å². The number of nitrogens with zero attached hydrogens (tertiary/aromatic N) is 2. The number of anilines is 1. The van der Waals surface area contributed by atoms with Crippen LogP contribution in [0.15, 0.2) is 48.5 Å². The number of benzene rings is 2. The lowest BCUT2D eigenvalue weighted by atomic mass is 10.1. The van der Waals surface area contributed by atoms with E-state index >= 15 is 0 Å². The van der Waals surface area contributed by atoms with Gasteiger partial charge in [-0.1, -0.05) is 26.0 Å². The van der Waals surface area contributed by atoms with Gasteiger partial charge in [0.15, 0.2) is 0 Å². The summed E-state index contributed by atoms with van der Waals surface area (Å²) < 4.78 is 74.0. The van der Waals surface area contributed by atoms with E-state index in [2.05, 4.69) is 4.72 Å². The minimum absolute atomic E-state index is 0.0990. The van der Waals surface area contributed by atoms with Gasteiger partial charge in [0.25, 0.3) is 0 Å². The molecule has 0 bridgehead atoms. The van der Waals surface area contributed by atoms with Crippen molar-refractivity contribution < 1.29 is 26.0 Å². The monoisotopic (exact) mass is 513 g/mol. The minimum Gasteiger partial charge on any atom is -0.490 e. The average molecular weight is 514 g/mol. The van der Waals surface area contributed by atoms with Crippen molar-refractivity contribution in [3.05, 3.63) is 59.9 Å². The number of sulfonamides is 1. The van der Waals surface area contributed by atoms with E-state index < -0.39 is 20.2 Å². The van der Waals surface area contributed by atoms with Crippen LogP contribution >= 0.6 is 0 Å². The quantitative estimate of drug-likeness (QED) is 0.525. The fourth-order valence-electron chi connectivity index (χ4n) is 3.74. The molecule has 1 saturated heterocycles. The van der Waals surface area contributed by atoms with E-state index in [0.717, 1.165) is 0 Å². The predicted molar refractivity (Wildman–Crippen MR) is 131 cm³/mol. The van der Waals surface area contributed by atoms with Crippen LogP contribution in [0, 0.1) is 11.7 Å². The molecule has 0 spiro atoms. The molecule has 0 aromatic heterocycles. The Morgan fingerprint density at radius 2 is 1.62 bits per heavy atom. The highest BCUT2D eigenvalue weighted by atomic mass is 32.2. The largest absolute Gasteiger partial charge is 0.490 e. The van der Waals surface area contributed by atoms with Gasteiger partial charge in [0.1, 0.15) is 17.7 Å². The molecule has 1 heterocycles. The summed E-state index contributed by atoms with van der Waals surface area (Å²) in [6.45, 7) is 5.13. The topological polar surface area (TPSA) is 96.0 Å². The first-order valence-electron chi connectivity index (χ1n) is 11.2. The Bertz CT molecular complexity index is 1150. The Morgan fingerprint density at radius 1 is 1.03 bits per heavy atom. The first-order valence-corrected chi connectivity index (χ1v) is 14.5. The molecule has 0 unspecified atom stereocenters. The minimum atomic E-state index is -3.85. The standard InChI is InChI=1S/C23H32FN3O5S2/c1-18(2)16-27(17-19-4-6-20(24)7-5-19)34(30,31)25-21-8-10-22(11-9-21)32-23-12-14-26(15-13-23)33(3,28)29/h4-11,18,23,25H,12-17H2,1-3H3. The second kappa shape index (κ2) is 11.0. The van der Waals surface area contributed by atoms with E-state index in [9.17, 15) is 21.2 Å². The van der Waals surface area contributed by atoms with Crippen LogP contribution in [-0.4, -0.2) is 57.4 Å². The van der Waals surface area contributed by atoms with Crippen LogP contribution in [0.3, 0.4) is 0 Å². The molecule has 0 aliphatic carbocycles. The Morgan fingerprint density at radius 3 is 2.15 bits per heavy atom. The first kappa shape index (κ1) is 26.4. The van der Waals surface area contributed by atoms with Gasteiger partial charge in [0.05, 0.1) is 11.9 Å².